The number of rotatable bonds is 11. The van der Waals surface area contributed by atoms with Crippen LogP contribution in [0.5, 0.6) is 0 Å². The van der Waals surface area contributed by atoms with Gasteiger partial charge in [-0.2, -0.15) is 0 Å². The zero-order valence-corrected chi connectivity index (χ0v) is 20.2. The molecular formula is C22H40N3O6. The van der Waals surface area contributed by atoms with Crippen LogP contribution in [-0.4, -0.2) is 54.2 Å². The van der Waals surface area contributed by atoms with Gasteiger partial charge in [0.2, 0.25) is 12.2 Å². The Morgan fingerprint density at radius 1 is 0.871 bits per heavy atom. The van der Waals surface area contributed by atoms with Gasteiger partial charge in [0, 0.05) is 6.54 Å². The molecule has 0 spiro atoms. The highest BCUT2D eigenvalue weighted by atomic mass is 16.6. The Kier molecular flexibility index (Phi) is 12.2. The Morgan fingerprint density at radius 2 is 1.42 bits per heavy atom. The number of ether oxygens (including phenoxy) is 2. The van der Waals surface area contributed by atoms with Crippen LogP contribution in [0.4, 0.5) is 9.59 Å². The fourth-order valence-corrected chi connectivity index (χ4v) is 2.58. The molecule has 2 atom stereocenters. The van der Waals surface area contributed by atoms with Crippen LogP contribution in [0.1, 0.15) is 81.1 Å². The molecule has 0 aliphatic rings. The number of hydrogen-bond donors (Lipinski definition) is 3. The van der Waals surface area contributed by atoms with Crippen molar-refractivity contribution in [3.05, 3.63) is 0 Å². The van der Waals surface area contributed by atoms with Gasteiger partial charge in [-0.3, -0.25) is 9.59 Å². The maximum absolute atomic E-state index is 12.7. The average molecular weight is 443 g/mol. The summed E-state index contributed by atoms with van der Waals surface area (Å²) in [5.74, 6) is -0.275. The van der Waals surface area contributed by atoms with E-state index in [9.17, 15) is 19.2 Å². The summed E-state index contributed by atoms with van der Waals surface area (Å²) in [7, 11) is 0. The van der Waals surface area contributed by atoms with Crippen LogP contribution >= 0.6 is 0 Å². The Labute approximate surface area is 186 Å². The van der Waals surface area contributed by atoms with Crippen LogP contribution < -0.4 is 16.0 Å². The largest absolute Gasteiger partial charge is 0.444 e. The first kappa shape index (κ1) is 28.7. The topological polar surface area (TPSA) is 123 Å². The fourth-order valence-electron chi connectivity index (χ4n) is 2.58. The zero-order valence-electron chi connectivity index (χ0n) is 20.2. The lowest BCUT2D eigenvalue weighted by atomic mass is 10.0. The molecule has 1 radical (unpaired) electrons. The highest BCUT2D eigenvalue weighted by Crippen LogP contribution is 2.10. The van der Waals surface area contributed by atoms with Crippen LogP contribution in [0.25, 0.3) is 0 Å². The summed E-state index contributed by atoms with van der Waals surface area (Å²) in [6, 6.07) is -1.62. The summed E-state index contributed by atoms with van der Waals surface area (Å²) < 4.78 is 10.4. The van der Waals surface area contributed by atoms with Gasteiger partial charge in [-0.25, -0.2) is 9.59 Å². The van der Waals surface area contributed by atoms with E-state index in [4.69, 9.17) is 9.47 Å². The first-order valence-electron chi connectivity index (χ1n) is 10.8. The van der Waals surface area contributed by atoms with E-state index in [1.54, 1.807) is 41.5 Å². The molecule has 0 aromatic heterocycles. The predicted octanol–water partition coefficient (Wildman–Crippen LogP) is 3.22. The third-order valence-corrected chi connectivity index (χ3v) is 3.76. The molecule has 9 heteroatoms. The van der Waals surface area contributed by atoms with Crippen molar-refractivity contribution in [2.24, 2.45) is 5.92 Å². The third kappa shape index (κ3) is 16.1. The van der Waals surface area contributed by atoms with E-state index in [1.807, 2.05) is 20.1 Å². The highest BCUT2D eigenvalue weighted by Gasteiger charge is 2.26. The molecule has 0 fully saturated rings. The fraction of sp³-hybridized carbons (Fsp3) is 0.818. The minimum Gasteiger partial charge on any atom is -0.444 e. The van der Waals surface area contributed by atoms with Crippen LogP contribution in [0, 0.1) is 5.92 Å². The second kappa shape index (κ2) is 13.2. The first-order valence-corrected chi connectivity index (χ1v) is 10.8. The average Bonchev–Trinajstić information content (AvgIpc) is 2.56. The van der Waals surface area contributed by atoms with Gasteiger partial charge in [-0.15, -0.1) is 0 Å². The molecule has 3 amide bonds. The minimum absolute atomic E-state index is 0.197. The Morgan fingerprint density at radius 3 is 1.90 bits per heavy atom. The maximum Gasteiger partial charge on any atom is 0.408 e. The van der Waals surface area contributed by atoms with Crippen molar-refractivity contribution in [2.75, 3.05) is 6.54 Å². The number of carbonyl (C=O) groups excluding carboxylic acids is 4. The molecule has 3 N–H and O–H groups in total. The molecule has 0 aliphatic heterocycles. The molecule has 2 unspecified atom stereocenters. The lowest BCUT2D eigenvalue weighted by molar-refractivity contribution is -0.123. The normalized spacial score (nSPS) is 13.7. The SMILES string of the molecule is CC(C)CC([C]=O)NC(=O)C(CCCCNC(=O)OC(C)(C)C)NC(=O)OC(C)(C)C. The number of hydrogen-bond acceptors (Lipinski definition) is 6. The van der Waals surface area contributed by atoms with Gasteiger partial charge in [0.25, 0.3) is 0 Å². The molecule has 0 rings (SSSR count). The monoisotopic (exact) mass is 442 g/mol. The van der Waals surface area contributed by atoms with E-state index in [-0.39, 0.29) is 5.92 Å². The molecule has 9 nitrogen and oxygen atoms in total. The van der Waals surface area contributed by atoms with Crippen LogP contribution in [0.2, 0.25) is 0 Å². The molecule has 0 aromatic carbocycles. The summed E-state index contributed by atoms with van der Waals surface area (Å²) in [4.78, 5) is 47.7. The molecule has 0 bridgehead atoms. The summed E-state index contributed by atoms with van der Waals surface area (Å²) in [5, 5.41) is 7.85. The smallest absolute Gasteiger partial charge is 0.408 e. The Bertz CT molecular complexity index is 593. The number of carbonyl (C=O) groups is 3. The van der Waals surface area contributed by atoms with Crippen molar-refractivity contribution in [1.29, 1.82) is 0 Å². The number of amides is 3. The van der Waals surface area contributed by atoms with E-state index >= 15 is 0 Å². The molecular weight excluding hydrogens is 402 g/mol. The van der Waals surface area contributed by atoms with Crippen LogP contribution in [0.15, 0.2) is 0 Å². The second-order valence-electron chi connectivity index (χ2n) is 9.93. The van der Waals surface area contributed by atoms with E-state index < -0.39 is 41.4 Å². The van der Waals surface area contributed by atoms with Crippen LogP contribution in [-0.2, 0) is 19.1 Å². The van der Waals surface area contributed by atoms with E-state index in [2.05, 4.69) is 16.0 Å². The molecule has 179 valence electrons. The molecule has 0 heterocycles. The van der Waals surface area contributed by atoms with Crippen LogP contribution in [0.3, 0.4) is 0 Å². The van der Waals surface area contributed by atoms with Gasteiger partial charge in [-0.05, 0) is 73.1 Å². The number of unbranched alkanes of at least 4 members (excludes halogenated alkanes) is 1. The van der Waals surface area contributed by atoms with Gasteiger partial charge in [0.1, 0.15) is 17.2 Å². The lowest BCUT2D eigenvalue weighted by Gasteiger charge is -2.24. The Balaban J connectivity index is 4.80. The van der Waals surface area contributed by atoms with Crippen molar-refractivity contribution >= 4 is 24.4 Å². The van der Waals surface area contributed by atoms with Gasteiger partial charge >= 0.3 is 12.2 Å². The minimum atomic E-state index is -0.876. The van der Waals surface area contributed by atoms with Crippen molar-refractivity contribution in [1.82, 2.24) is 16.0 Å². The highest BCUT2D eigenvalue weighted by molar-refractivity contribution is 5.87. The molecule has 0 saturated heterocycles. The van der Waals surface area contributed by atoms with Crippen molar-refractivity contribution < 1.29 is 28.7 Å². The van der Waals surface area contributed by atoms with E-state index in [0.717, 1.165) is 0 Å². The van der Waals surface area contributed by atoms with Gasteiger partial charge < -0.3 is 25.4 Å². The third-order valence-electron chi connectivity index (χ3n) is 3.76. The number of nitrogens with one attached hydrogen (secondary N) is 3. The molecule has 0 aliphatic carbocycles. The summed E-state index contributed by atoms with van der Waals surface area (Å²) in [6.07, 6.45) is 2.50. The van der Waals surface area contributed by atoms with Gasteiger partial charge in [-0.1, -0.05) is 13.8 Å². The summed E-state index contributed by atoms with van der Waals surface area (Å²) in [5.41, 5.74) is -1.29. The van der Waals surface area contributed by atoms with Crippen molar-refractivity contribution in [2.45, 2.75) is 104 Å². The lowest BCUT2D eigenvalue weighted by Crippen LogP contribution is -2.51. The molecule has 0 saturated carbocycles. The summed E-state index contributed by atoms with van der Waals surface area (Å²) in [6.45, 7) is 14.8. The molecule has 0 aromatic rings. The van der Waals surface area contributed by atoms with E-state index in [1.165, 1.54) is 0 Å². The second-order valence-corrected chi connectivity index (χ2v) is 9.93. The van der Waals surface area contributed by atoms with Crippen molar-refractivity contribution in [3.8, 4) is 0 Å². The van der Waals surface area contributed by atoms with E-state index in [0.29, 0.717) is 32.2 Å². The number of alkyl carbamates (subject to hydrolysis) is 2. The summed E-state index contributed by atoms with van der Waals surface area (Å²) >= 11 is 0. The Hall–Kier alpha value is -2.32. The zero-order chi connectivity index (χ0) is 24.2. The standard InChI is InChI=1S/C22H40N3O6/c1-15(2)13-16(14-26)24-18(27)17(25-20(29)31-22(6,7)8)11-9-10-12-23-19(28)30-21(3,4)5/h15-17H,9-13H2,1-8H3,(H,23,28)(H,24,27)(H,25,29). The first-order chi connectivity index (χ1) is 14.1. The quantitative estimate of drug-likeness (QED) is 0.422. The maximum atomic E-state index is 12.7. The van der Waals surface area contributed by atoms with Gasteiger partial charge in [0.05, 0.1) is 6.04 Å². The van der Waals surface area contributed by atoms with Gasteiger partial charge in [0.15, 0.2) is 0 Å². The molecule has 31 heavy (non-hydrogen) atoms. The predicted molar refractivity (Wildman–Crippen MR) is 118 cm³/mol. The van der Waals surface area contributed by atoms with Crippen molar-refractivity contribution in [3.63, 3.8) is 0 Å².